The molecule has 3 nitrogen and oxygen atoms in total. The second kappa shape index (κ2) is 5.84. The van der Waals surface area contributed by atoms with Crippen LogP contribution in [-0.4, -0.2) is 36.2 Å². The van der Waals surface area contributed by atoms with Crippen LogP contribution in [0.1, 0.15) is 31.2 Å². The predicted octanol–water partition coefficient (Wildman–Crippen LogP) is 1.95. The van der Waals surface area contributed by atoms with Crippen molar-refractivity contribution in [3.63, 3.8) is 0 Å². The SMILES string of the molecule is NCC(O)(CCN1CC2CCCC2C1)c1ccccc1. The van der Waals surface area contributed by atoms with Gasteiger partial charge in [-0.15, -0.1) is 0 Å². The Balaban J connectivity index is 1.59. The fraction of sp³-hybridized carbons (Fsp3) is 0.647. The Morgan fingerprint density at radius 2 is 1.80 bits per heavy atom. The Morgan fingerprint density at radius 1 is 1.15 bits per heavy atom. The first-order chi connectivity index (χ1) is 9.71. The van der Waals surface area contributed by atoms with Gasteiger partial charge in [-0.05, 0) is 36.7 Å². The molecule has 3 heteroatoms. The standard InChI is InChI=1S/C17H26N2O/c18-13-17(20,16-7-2-1-3-8-16)9-10-19-11-14-5-4-6-15(14)12-19/h1-3,7-8,14-15,20H,4-6,9-13,18H2. The molecule has 3 atom stereocenters. The van der Waals surface area contributed by atoms with Crippen LogP contribution in [0.15, 0.2) is 30.3 Å². The molecule has 110 valence electrons. The number of aliphatic hydroxyl groups is 1. The van der Waals surface area contributed by atoms with Crippen LogP contribution in [0.3, 0.4) is 0 Å². The molecule has 3 N–H and O–H groups in total. The molecule has 20 heavy (non-hydrogen) atoms. The molecule has 1 heterocycles. The van der Waals surface area contributed by atoms with Crippen LogP contribution in [-0.2, 0) is 5.60 Å². The Morgan fingerprint density at radius 3 is 2.40 bits per heavy atom. The van der Waals surface area contributed by atoms with Crippen molar-refractivity contribution in [2.45, 2.75) is 31.3 Å². The Hall–Kier alpha value is -0.900. The summed E-state index contributed by atoms with van der Waals surface area (Å²) in [6, 6.07) is 9.87. The van der Waals surface area contributed by atoms with Gasteiger partial charge in [0.1, 0.15) is 5.60 Å². The number of fused-ring (bicyclic) bond motifs is 1. The Bertz CT molecular complexity index is 424. The number of benzene rings is 1. The van der Waals surface area contributed by atoms with E-state index in [1.807, 2.05) is 30.3 Å². The van der Waals surface area contributed by atoms with Gasteiger partial charge >= 0.3 is 0 Å². The molecule has 0 aromatic heterocycles. The zero-order valence-corrected chi connectivity index (χ0v) is 12.2. The molecule has 1 aliphatic carbocycles. The Labute approximate surface area is 121 Å². The fourth-order valence-electron chi connectivity index (χ4n) is 3.97. The van der Waals surface area contributed by atoms with Gasteiger partial charge in [-0.3, -0.25) is 0 Å². The molecule has 1 aromatic carbocycles. The average molecular weight is 274 g/mol. The number of hydrogen-bond donors (Lipinski definition) is 2. The number of likely N-dealkylation sites (tertiary alicyclic amines) is 1. The highest BCUT2D eigenvalue weighted by Gasteiger charge is 2.37. The van der Waals surface area contributed by atoms with Crippen LogP contribution in [0, 0.1) is 11.8 Å². The normalized spacial score (nSPS) is 29.3. The minimum atomic E-state index is -0.876. The maximum atomic E-state index is 10.8. The smallest absolute Gasteiger partial charge is 0.103 e. The topological polar surface area (TPSA) is 49.5 Å². The molecule has 0 bridgehead atoms. The van der Waals surface area contributed by atoms with Crippen LogP contribution in [0.25, 0.3) is 0 Å². The van der Waals surface area contributed by atoms with Crippen molar-refractivity contribution in [3.05, 3.63) is 35.9 Å². The zero-order chi connectivity index (χ0) is 14.0. The molecule has 1 aromatic rings. The van der Waals surface area contributed by atoms with Crippen molar-refractivity contribution < 1.29 is 5.11 Å². The van der Waals surface area contributed by atoms with E-state index in [0.717, 1.165) is 30.4 Å². The minimum absolute atomic E-state index is 0.289. The third-order valence-corrected chi connectivity index (χ3v) is 5.29. The molecule has 3 unspecified atom stereocenters. The first kappa shape index (κ1) is 14.1. The monoisotopic (exact) mass is 274 g/mol. The van der Waals surface area contributed by atoms with Crippen molar-refractivity contribution in [2.75, 3.05) is 26.2 Å². The molecule has 0 amide bonds. The van der Waals surface area contributed by atoms with E-state index < -0.39 is 5.60 Å². The molecule has 1 saturated carbocycles. The lowest BCUT2D eigenvalue weighted by atomic mass is 9.90. The summed E-state index contributed by atoms with van der Waals surface area (Å²) in [6.07, 6.45) is 4.95. The lowest BCUT2D eigenvalue weighted by Crippen LogP contribution is -2.38. The van der Waals surface area contributed by atoms with Gasteiger partial charge in [-0.2, -0.15) is 0 Å². The second-order valence-electron chi connectivity index (χ2n) is 6.56. The second-order valence-corrected chi connectivity index (χ2v) is 6.56. The third-order valence-electron chi connectivity index (χ3n) is 5.29. The zero-order valence-electron chi connectivity index (χ0n) is 12.2. The molecule has 0 spiro atoms. The minimum Gasteiger partial charge on any atom is -0.384 e. The van der Waals surface area contributed by atoms with Gasteiger partial charge in [0.25, 0.3) is 0 Å². The van der Waals surface area contributed by atoms with Crippen molar-refractivity contribution in [1.29, 1.82) is 0 Å². The van der Waals surface area contributed by atoms with E-state index in [9.17, 15) is 5.11 Å². The lowest BCUT2D eigenvalue weighted by Gasteiger charge is -2.29. The first-order valence-corrected chi connectivity index (χ1v) is 7.91. The van der Waals surface area contributed by atoms with Gasteiger partial charge in [-0.1, -0.05) is 36.8 Å². The van der Waals surface area contributed by atoms with E-state index in [2.05, 4.69) is 4.90 Å². The van der Waals surface area contributed by atoms with Crippen LogP contribution < -0.4 is 5.73 Å². The molecule has 1 aliphatic heterocycles. The van der Waals surface area contributed by atoms with Crippen molar-refractivity contribution >= 4 is 0 Å². The largest absolute Gasteiger partial charge is 0.384 e. The highest BCUT2D eigenvalue weighted by molar-refractivity contribution is 5.22. The maximum Gasteiger partial charge on any atom is 0.103 e. The van der Waals surface area contributed by atoms with Crippen LogP contribution >= 0.6 is 0 Å². The predicted molar refractivity (Wildman–Crippen MR) is 81.3 cm³/mol. The van der Waals surface area contributed by atoms with Gasteiger partial charge in [0.05, 0.1) is 0 Å². The lowest BCUT2D eigenvalue weighted by molar-refractivity contribution is 0.0272. The van der Waals surface area contributed by atoms with Crippen molar-refractivity contribution in [3.8, 4) is 0 Å². The van der Waals surface area contributed by atoms with E-state index in [1.165, 1.54) is 32.4 Å². The van der Waals surface area contributed by atoms with Gasteiger partial charge < -0.3 is 15.7 Å². The summed E-state index contributed by atoms with van der Waals surface area (Å²) in [4.78, 5) is 2.53. The first-order valence-electron chi connectivity index (χ1n) is 7.91. The summed E-state index contributed by atoms with van der Waals surface area (Å²) in [6.45, 7) is 3.69. The van der Waals surface area contributed by atoms with Crippen LogP contribution in [0.4, 0.5) is 0 Å². The summed E-state index contributed by atoms with van der Waals surface area (Å²) < 4.78 is 0. The van der Waals surface area contributed by atoms with Gasteiger partial charge in [0, 0.05) is 26.2 Å². The summed E-state index contributed by atoms with van der Waals surface area (Å²) in [5.74, 6) is 1.83. The highest BCUT2D eigenvalue weighted by atomic mass is 16.3. The van der Waals surface area contributed by atoms with Gasteiger partial charge in [-0.25, -0.2) is 0 Å². The van der Waals surface area contributed by atoms with E-state index in [1.54, 1.807) is 0 Å². The quantitative estimate of drug-likeness (QED) is 0.863. The fourth-order valence-corrected chi connectivity index (χ4v) is 3.97. The summed E-state index contributed by atoms with van der Waals surface area (Å²) >= 11 is 0. The van der Waals surface area contributed by atoms with E-state index in [0.29, 0.717) is 0 Å². The summed E-state index contributed by atoms with van der Waals surface area (Å²) in [5, 5.41) is 10.8. The van der Waals surface area contributed by atoms with Crippen LogP contribution in [0.2, 0.25) is 0 Å². The number of rotatable bonds is 5. The maximum absolute atomic E-state index is 10.8. The molecule has 2 fully saturated rings. The van der Waals surface area contributed by atoms with E-state index >= 15 is 0 Å². The third kappa shape index (κ3) is 2.76. The molecule has 3 rings (SSSR count). The average Bonchev–Trinajstić information content (AvgIpc) is 3.07. The molecule has 1 saturated heterocycles. The van der Waals surface area contributed by atoms with Crippen LogP contribution in [0.5, 0.6) is 0 Å². The molecule has 2 aliphatic rings. The summed E-state index contributed by atoms with van der Waals surface area (Å²) in [5.41, 5.74) is 5.92. The number of nitrogens with zero attached hydrogens (tertiary/aromatic N) is 1. The van der Waals surface area contributed by atoms with E-state index in [-0.39, 0.29) is 6.54 Å². The van der Waals surface area contributed by atoms with Gasteiger partial charge in [0.2, 0.25) is 0 Å². The highest BCUT2D eigenvalue weighted by Crippen LogP contribution is 2.38. The molecular formula is C17H26N2O. The van der Waals surface area contributed by atoms with Gasteiger partial charge in [0.15, 0.2) is 0 Å². The number of hydrogen-bond acceptors (Lipinski definition) is 3. The van der Waals surface area contributed by atoms with Crippen molar-refractivity contribution in [1.82, 2.24) is 4.90 Å². The Kier molecular flexibility index (Phi) is 4.11. The number of nitrogens with two attached hydrogens (primary N) is 1. The summed E-state index contributed by atoms with van der Waals surface area (Å²) in [7, 11) is 0. The molecule has 0 radical (unpaired) electrons. The molecular weight excluding hydrogens is 248 g/mol. The van der Waals surface area contributed by atoms with E-state index in [4.69, 9.17) is 5.73 Å². The van der Waals surface area contributed by atoms with Crippen molar-refractivity contribution in [2.24, 2.45) is 17.6 Å².